The largest absolute Gasteiger partial charge is 0.293 e. The lowest BCUT2D eigenvalue weighted by Gasteiger charge is -2.05. The summed E-state index contributed by atoms with van der Waals surface area (Å²) in [6.45, 7) is 4.26. The van der Waals surface area contributed by atoms with Crippen LogP contribution in [0.25, 0.3) is 0 Å². The molecule has 0 unspecified atom stereocenters. The van der Waals surface area contributed by atoms with Gasteiger partial charge in [-0.2, -0.15) is 0 Å². The summed E-state index contributed by atoms with van der Waals surface area (Å²) in [5.41, 5.74) is 1.62. The van der Waals surface area contributed by atoms with E-state index in [4.69, 9.17) is 0 Å². The molecular formula is C13H18O3S. The Morgan fingerprint density at radius 2 is 1.71 bits per heavy atom. The quantitative estimate of drug-likeness (QED) is 0.756. The molecule has 0 bridgehead atoms. The van der Waals surface area contributed by atoms with Crippen LogP contribution in [0.1, 0.15) is 29.8 Å². The molecule has 0 atom stereocenters. The van der Waals surface area contributed by atoms with Crippen molar-refractivity contribution in [2.45, 2.75) is 20.3 Å². The molecule has 3 nitrogen and oxygen atoms in total. The predicted octanol–water partition coefficient (Wildman–Crippen LogP) is 2.11. The number of hydrogen-bond acceptors (Lipinski definition) is 3. The average Bonchev–Trinajstić information content (AvgIpc) is 2.15. The Hall–Kier alpha value is -1.16. The second-order valence-corrected chi connectivity index (χ2v) is 6.93. The van der Waals surface area contributed by atoms with Crippen molar-refractivity contribution in [1.82, 2.24) is 0 Å². The number of rotatable bonds is 5. The van der Waals surface area contributed by atoms with Crippen LogP contribution in [-0.4, -0.2) is 26.2 Å². The van der Waals surface area contributed by atoms with Crippen molar-refractivity contribution < 1.29 is 13.2 Å². The highest BCUT2D eigenvalue weighted by molar-refractivity contribution is 7.91. The van der Waals surface area contributed by atoms with Gasteiger partial charge in [0.25, 0.3) is 0 Å². The zero-order chi connectivity index (χ0) is 13.1. The second-order valence-electron chi connectivity index (χ2n) is 4.79. The molecule has 94 valence electrons. The molecular weight excluding hydrogens is 236 g/mol. The maximum atomic E-state index is 11.6. The van der Waals surface area contributed by atoms with Crippen molar-refractivity contribution in [1.29, 1.82) is 0 Å². The Labute approximate surface area is 103 Å². The van der Waals surface area contributed by atoms with E-state index in [1.54, 1.807) is 12.1 Å². The van der Waals surface area contributed by atoms with E-state index in [-0.39, 0.29) is 5.78 Å². The zero-order valence-corrected chi connectivity index (χ0v) is 11.3. The van der Waals surface area contributed by atoms with Gasteiger partial charge in [0, 0.05) is 11.8 Å². The minimum absolute atomic E-state index is 0.344. The van der Waals surface area contributed by atoms with Crippen LogP contribution >= 0.6 is 0 Å². The van der Waals surface area contributed by atoms with Gasteiger partial charge in [0.15, 0.2) is 15.6 Å². The topological polar surface area (TPSA) is 51.2 Å². The summed E-state index contributed by atoms with van der Waals surface area (Å²) >= 11 is 0. The average molecular weight is 254 g/mol. The Morgan fingerprint density at radius 1 is 1.18 bits per heavy atom. The smallest absolute Gasteiger partial charge is 0.177 e. The van der Waals surface area contributed by atoms with Crippen LogP contribution in [0, 0.1) is 5.92 Å². The first kappa shape index (κ1) is 13.9. The molecule has 0 saturated carbocycles. The van der Waals surface area contributed by atoms with E-state index >= 15 is 0 Å². The van der Waals surface area contributed by atoms with Gasteiger partial charge in [-0.15, -0.1) is 0 Å². The van der Waals surface area contributed by atoms with Crippen LogP contribution in [0.15, 0.2) is 24.3 Å². The van der Waals surface area contributed by atoms with Crippen molar-refractivity contribution >= 4 is 15.6 Å². The number of carbonyl (C=O) groups excluding carboxylic acids is 1. The van der Waals surface area contributed by atoms with Crippen LogP contribution in [0.2, 0.25) is 0 Å². The van der Waals surface area contributed by atoms with Gasteiger partial charge in [0.2, 0.25) is 0 Å². The van der Waals surface area contributed by atoms with Gasteiger partial charge in [-0.05, 0) is 17.9 Å². The molecule has 0 amide bonds. The maximum absolute atomic E-state index is 11.6. The van der Waals surface area contributed by atoms with E-state index in [9.17, 15) is 13.2 Å². The number of benzene rings is 1. The number of hydrogen-bond donors (Lipinski definition) is 0. The predicted molar refractivity (Wildman–Crippen MR) is 69.0 cm³/mol. The van der Waals surface area contributed by atoms with Gasteiger partial charge in [-0.1, -0.05) is 38.1 Å². The first-order chi connectivity index (χ1) is 7.78. The molecule has 0 saturated heterocycles. The van der Waals surface area contributed by atoms with E-state index in [2.05, 4.69) is 13.8 Å². The standard InChI is InChI=1S/C13H18O3S/c1-10(2)8-11-4-6-12(7-5-11)13(14)9-17(3,15)16/h4-7,10H,8-9H2,1-3H3. The summed E-state index contributed by atoms with van der Waals surface area (Å²) in [4.78, 5) is 11.6. The second kappa shape index (κ2) is 5.45. The lowest BCUT2D eigenvalue weighted by atomic mass is 10.0. The van der Waals surface area contributed by atoms with Crippen molar-refractivity contribution in [3.8, 4) is 0 Å². The third kappa shape index (κ3) is 5.13. The molecule has 0 spiro atoms. The molecule has 0 aliphatic heterocycles. The third-order valence-electron chi connectivity index (χ3n) is 2.31. The van der Waals surface area contributed by atoms with Gasteiger partial charge >= 0.3 is 0 Å². The van der Waals surface area contributed by atoms with Crippen LogP contribution in [0.3, 0.4) is 0 Å². The lowest BCUT2D eigenvalue weighted by molar-refractivity contribution is 0.102. The van der Waals surface area contributed by atoms with Gasteiger partial charge in [0.05, 0.1) is 0 Å². The summed E-state index contributed by atoms with van der Waals surface area (Å²) in [6, 6.07) is 7.17. The summed E-state index contributed by atoms with van der Waals surface area (Å²) in [5.74, 6) is -0.201. The van der Waals surface area contributed by atoms with Crippen molar-refractivity contribution in [2.75, 3.05) is 12.0 Å². The molecule has 1 aromatic carbocycles. The van der Waals surface area contributed by atoms with Gasteiger partial charge in [-0.3, -0.25) is 4.79 Å². The Bertz CT molecular complexity index is 484. The first-order valence-electron chi connectivity index (χ1n) is 5.58. The van der Waals surface area contributed by atoms with E-state index < -0.39 is 15.6 Å². The molecule has 0 N–H and O–H groups in total. The molecule has 17 heavy (non-hydrogen) atoms. The van der Waals surface area contributed by atoms with Crippen molar-refractivity contribution in [3.05, 3.63) is 35.4 Å². The minimum Gasteiger partial charge on any atom is -0.293 e. The van der Waals surface area contributed by atoms with Crippen LogP contribution in [0.4, 0.5) is 0 Å². The Kier molecular flexibility index (Phi) is 4.46. The van der Waals surface area contributed by atoms with Crippen LogP contribution in [0.5, 0.6) is 0 Å². The van der Waals surface area contributed by atoms with Gasteiger partial charge in [-0.25, -0.2) is 8.42 Å². The number of Topliss-reactive ketones (excluding diaryl/α,β-unsaturated/α-hetero) is 1. The fraction of sp³-hybridized carbons (Fsp3) is 0.462. The molecule has 1 rings (SSSR count). The third-order valence-corrected chi connectivity index (χ3v) is 3.10. The summed E-state index contributed by atoms with van der Waals surface area (Å²) < 4.78 is 22.0. The van der Waals surface area contributed by atoms with Crippen LogP contribution in [-0.2, 0) is 16.3 Å². The molecule has 0 radical (unpaired) electrons. The lowest BCUT2D eigenvalue weighted by Crippen LogP contribution is -2.14. The van der Waals surface area contributed by atoms with Crippen molar-refractivity contribution in [3.63, 3.8) is 0 Å². The summed E-state index contributed by atoms with van der Waals surface area (Å²) in [7, 11) is -3.25. The molecule has 0 aliphatic carbocycles. The first-order valence-corrected chi connectivity index (χ1v) is 7.64. The molecule has 0 aliphatic rings. The minimum atomic E-state index is -3.25. The Balaban J connectivity index is 2.77. The number of sulfone groups is 1. The summed E-state index contributed by atoms with van der Waals surface area (Å²) in [6.07, 6.45) is 2.03. The molecule has 0 aromatic heterocycles. The SMILES string of the molecule is CC(C)Cc1ccc(C(=O)CS(C)(=O)=O)cc1. The van der Waals surface area contributed by atoms with E-state index in [1.165, 1.54) is 0 Å². The van der Waals surface area contributed by atoms with Crippen molar-refractivity contribution in [2.24, 2.45) is 5.92 Å². The monoisotopic (exact) mass is 254 g/mol. The van der Waals surface area contributed by atoms with E-state index in [1.807, 2.05) is 12.1 Å². The molecule has 1 aromatic rings. The molecule has 0 fully saturated rings. The molecule has 4 heteroatoms. The highest BCUT2D eigenvalue weighted by Crippen LogP contribution is 2.10. The van der Waals surface area contributed by atoms with Gasteiger partial charge < -0.3 is 0 Å². The van der Waals surface area contributed by atoms with Gasteiger partial charge in [0.1, 0.15) is 5.75 Å². The fourth-order valence-electron chi connectivity index (χ4n) is 1.62. The number of carbonyl (C=O) groups is 1. The van der Waals surface area contributed by atoms with E-state index in [0.717, 1.165) is 18.2 Å². The number of ketones is 1. The highest BCUT2D eigenvalue weighted by atomic mass is 32.2. The maximum Gasteiger partial charge on any atom is 0.177 e. The van der Waals surface area contributed by atoms with Crippen LogP contribution < -0.4 is 0 Å². The fourth-order valence-corrected chi connectivity index (χ4v) is 2.26. The summed E-state index contributed by atoms with van der Waals surface area (Å²) in [5, 5.41) is 0. The Morgan fingerprint density at radius 3 is 2.12 bits per heavy atom. The molecule has 0 heterocycles. The van der Waals surface area contributed by atoms with E-state index in [0.29, 0.717) is 11.5 Å². The normalized spacial score (nSPS) is 11.8. The highest BCUT2D eigenvalue weighted by Gasteiger charge is 2.12. The zero-order valence-electron chi connectivity index (χ0n) is 10.4.